The molecule has 0 aromatic heterocycles. The van der Waals surface area contributed by atoms with Crippen molar-refractivity contribution in [3.05, 3.63) is 12.7 Å². The second-order valence-corrected chi connectivity index (χ2v) is 26.1. The third-order valence-electron chi connectivity index (χ3n) is 10.8. The first-order valence-corrected chi connectivity index (χ1v) is 29.3. The molecule has 6 heteroatoms. The lowest BCUT2D eigenvalue weighted by Gasteiger charge is -2.38. The first-order valence-electron chi connectivity index (χ1n) is 23.4. The molecule has 310 valence electrons. The van der Waals surface area contributed by atoms with Crippen LogP contribution in [-0.4, -0.2) is 42.4 Å². The van der Waals surface area contributed by atoms with Crippen molar-refractivity contribution in [2.24, 2.45) is 0 Å². The van der Waals surface area contributed by atoms with Gasteiger partial charge in [-0.15, -0.1) is 0 Å². The molecule has 0 unspecified atom stereocenters. The summed E-state index contributed by atoms with van der Waals surface area (Å²) in [5.41, 5.74) is 0. The van der Waals surface area contributed by atoms with Crippen molar-refractivity contribution in [1.82, 2.24) is 0 Å². The van der Waals surface area contributed by atoms with Gasteiger partial charge < -0.3 is 13.6 Å². The van der Waals surface area contributed by atoms with Gasteiger partial charge in [-0.3, -0.25) is 0 Å². The van der Waals surface area contributed by atoms with Gasteiger partial charge in [0.05, 0.1) is 6.61 Å². The van der Waals surface area contributed by atoms with Crippen LogP contribution in [0.2, 0.25) is 37.8 Å². The molecule has 0 spiro atoms. The van der Waals surface area contributed by atoms with E-state index >= 15 is 0 Å². The van der Waals surface area contributed by atoms with E-state index < -0.39 is 16.6 Å². The molecule has 0 aliphatic rings. The molecule has 0 radical (unpaired) electrons. The van der Waals surface area contributed by atoms with Crippen molar-refractivity contribution in [2.45, 2.75) is 257 Å². The van der Waals surface area contributed by atoms with Gasteiger partial charge >= 0.3 is 5.97 Å². The number of ether oxygens (including phenoxy) is 2. The third-order valence-corrected chi connectivity index (χ3v) is 18.7. The topological polar surface area (TPSA) is 44.8 Å². The first kappa shape index (κ1) is 51.6. The van der Waals surface area contributed by atoms with E-state index in [4.69, 9.17) is 13.6 Å². The summed E-state index contributed by atoms with van der Waals surface area (Å²) < 4.78 is 18.4. The summed E-state index contributed by atoms with van der Waals surface area (Å²) in [7, 11) is -3.60. The minimum absolute atomic E-state index is 0.298. The summed E-state index contributed by atoms with van der Waals surface area (Å²) in [6.45, 7) is 16.7. The molecule has 4 nitrogen and oxygen atoms in total. The van der Waals surface area contributed by atoms with E-state index in [0.717, 1.165) is 12.7 Å². The van der Waals surface area contributed by atoms with Crippen LogP contribution in [-0.2, 0) is 18.4 Å². The summed E-state index contributed by atoms with van der Waals surface area (Å²) >= 11 is 0. The van der Waals surface area contributed by atoms with Gasteiger partial charge in [0.25, 0.3) is 0 Å². The molecule has 0 aliphatic heterocycles. The molecular weight excluding hydrogens is 673 g/mol. The van der Waals surface area contributed by atoms with Crippen molar-refractivity contribution in [1.29, 1.82) is 0 Å². The molecule has 0 saturated carbocycles. The highest BCUT2D eigenvalue weighted by atomic mass is 28.4. The van der Waals surface area contributed by atoms with E-state index in [1.807, 2.05) is 0 Å². The lowest BCUT2D eigenvalue weighted by molar-refractivity contribution is -0.139. The maximum absolute atomic E-state index is 11.4. The molecule has 0 aromatic carbocycles. The van der Waals surface area contributed by atoms with Crippen LogP contribution in [0.25, 0.3) is 0 Å². The fraction of sp³-hybridized carbons (Fsp3) is 0.935. The maximum Gasteiger partial charge on any atom is 0.330 e. The van der Waals surface area contributed by atoms with Crippen LogP contribution in [0.15, 0.2) is 12.7 Å². The zero-order valence-electron chi connectivity index (χ0n) is 36.3. The Morgan fingerprint density at radius 3 is 1.04 bits per heavy atom. The standard InChI is InChI=1S/C46H94O4Si2/c1-7-10-12-14-16-18-20-22-24-26-28-30-32-34-36-38-43-52(50-51(4,5)6,45-42-48-40-41-49-46(47)9-3)44-39-37-35-33-31-29-27-25-23-21-19-17-15-13-11-8-2/h9H,3,7-8,10-45H2,1-2,4-6H3. The Bertz CT molecular complexity index is 717. The van der Waals surface area contributed by atoms with E-state index in [9.17, 15) is 4.79 Å². The van der Waals surface area contributed by atoms with Crippen LogP contribution in [0, 0.1) is 0 Å². The Balaban J connectivity index is 4.46. The molecule has 0 amide bonds. The maximum atomic E-state index is 11.4. The molecule has 0 atom stereocenters. The summed E-state index contributed by atoms with van der Waals surface area (Å²) in [4.78, 5) is 11.4. The van der Waals surface area contributed by atoms with Crippen LogP contribution in [0.3, 0.4) is 0 Å². The molecule has 0 fully saturated rings. The normalized spacial score (nSPS) is 12.1. The van der Waals surface area contributed by atoms with E-state index in [2.05, 4.69) is 40.1 Å². The van der Waals surface area contributed by atoms with Crippen LogP contribution in [0.4, 0.5) is 0 Å². The highest BCUT2D eigenvalue weighted by molar-refractivity contribution is 6.85. The minimum atomic E-state index is -1.92. The number of esters is 1. The molecule has 0 bridgehead atoms. The van der Waals surface area contributed by atoms with Crippen molar-refractivity contribution in [3.63, 3.8) is 0 Å². The number of hydrogen-bond acceptors (Lipinski definition) is 4. The smallest absolute Gasteiger partial charge is 0.330 e. The second kappa shape index (κ2) is 38.8. The number of unbranched alkanes of at least 4 members (excludes halogenated alkanes) is 30. The van der Waals surface area contributed by atoms with Gasteiger partial charge in [-0.2, -0.15) is 0 Å². The van der Waals surface area contributed by atoms with Crippen LogP contribution < -0.4 is 0 Å². The van der Waals surface area contributed by atoms with Gasteiger partial charge in [0.1, 0.15) is 6.61 Å². The second-order valence-electron chi connectivity index (χ2n) is 17.2. The Labute approximate surface area is 329 Å². The number of carbonyl (C=O) groups excluding carboxylic acids is 1. The Morgan fingerprint density at radius 1 is 0.442 bits per heavy atom. The summed E-state index contributed by atoms with van der Waals surface area (Å²) in [6.07, 6.45) is 46.4. The highest BCUT2D eigenvalue weighted by Gasteiger charge is 2.37. The summed E-state index contributed by atoms with van der Waals surface area (Å²) in [5, 5.41) is 0. The number of hydrogen-bond donors (Lipinski definition) is 0. The van der Waals surface area contributed by atoms with E-state index in [1.165, 1.54) is 224 Å². The average Bonchev–Trinajstić information content (AvgIpc) is 3.11. The SMILES string of the molecule is C=CC(=O)OCCOCC[Si](CCCCCCCCCCCCCCCCCC)(CCCCCCCCCCCCCCCCCC)O[Si](C)(C)C. The van der Waals surface area contributed by atoms with Crippen molar-refractivity contribution < 1.29 is 18.4 Å². The summed E-state index contributed by atoms with van der Waals surface area (Å²) in [5.74, 6) is -0.374. The minimum Gasteiger partial charge on any atom is -0.460 e. The predicted octanol–water partition coefficient (Wildman–Crippen LogP) is 16.1. The fourth-order valence-corrected chi connectivity index (χ4v) is 17.3. The van der Waals surface area contributed by atoms with Crippen molar-refractivity contribution in [2.75, 3.05) is 19.8 Å². The van der Waals surface area contributed by atoms with Crippen LogP contribution in [0.5, 0.6) is 0 Å². The largest absolute Gasteiger partial charge is 0.460 e. The fourth-order valence-electron chi connectivity index (χ4n) is 7.79. The zero-order valence-corrected chi connectivity index (χ0v) is 38.3. The number of carbonyl (C=O) groups is 1. The lowest BCUT2D eigenvalue weighted by atomic mass is 10.0. The first-order chi connectivity index (χ1) is 25.3. The summed E-state index contributed by atoms with van der Waals surface area (Å²) in [6, 6.07) is 3.64. The molecular formula is C46H94O4Si2. The van der Waals surface area contributed by atoms with E-state index in [0.29, 0.717) is 13.2 Å². The molecule has 0 rings (SSSR count). The molecule has 0 aliphatic carbocycles. The zero-order chi connectivity index (χ0) is 38.3. The molecule has 0 N–H and O–H groups in total. The Hall–Kier alpha value is -0.436. The monoisotopic (exact) mass is 767 g/mol. The van der Waals surface area contributed by atoms with Gasteiger partial charge in [0, 0.05) is 12.7 Å². The molecule has 0 aromatic rings. The van der Waals surface area contributed by atoms with Gasteiger partial charge in [-0.1, -0.05) is 226 Å². The third kappa shape index (κ3) is 37.9. The lowest BCUT2D eigenvalue weighted by Crippen LogP contribution is -2.47. The molecule has 0 saturated heterocycles. The number of rotatable bonds is 43. The van der Waals surface area contributed by atoms with Gasteiger partial charge in [0.2, 0.25) is 0 Å². The average molecular weight is 767 g/mol. The molecule has 52 heavy (non-hydrogen) atoms. The van der Waals surface area contributed by atoms with Crippen LogP contribution in [0.1, 0.15) is 219 Å². The highest BCUT2D eigenvalue weighted by Crippen LogP contribution is 2.32. The predicted molar refractivity (Wildman–Crippen MR) is 236 cm³/mol. The van der Waals surface area contributed by atoms with E-state index in [1.54, 1.807) is 0 Å². The van der Waals surface area contributed by atoms with E-state index in [-0.39, 0.29) is 5.97 Å². The van der Waals surface area contributed by atoms with Crippen LogP contribution >= 0.6 is 0 Å². The molecule has 0 heterocycles. The van der Waals surface area contributed by atoms with Gasteiger partial charge in [-0.05, 0) is 37.8 Å². The Kier molecular flexibility index (Phi) is 38.5. The van der Waals surface area contributed by atoms with Gasteiger partial charge in [0.15, 0.2) is 16.6 Å². The van der Waals surface area contributed by atoms with Crippen molar-refractivity contribution in [3.8, 4) is 0 Å². The van der Waals surface area contributed by atoms with Gasteiger partial charge in [-0.25, -0.2) is 4.79 Å². The quantitative estimate of drug-likeness (QED) is 0.0268. The van der Waals surface area contributed by atoms with Crippen molar-refractivity contribution >= 4 is 22.6 Å². The Morgan fingerprint density at radius 2 is 0.750 bits per heavy atom.